The fraction of sp³-hybridized carbons (Fsp3) is 0.222. The van der Waals surface area contributed by atoms with E-state index in [2.05, 4.69) is 0 Å². The van der Waals surface area contributed by atoms with Crippen LogP contribution in [0.1, 0.15) is 22.8 Å². The van der Waals surface area contributed by atoms with Crippen LogP contribution in [0.2, 0.25) is 10.0 Å². The van der Waals surface area contributed by atoms with E-state index in [9.17, 15) is 9.59 Å². The first-order valence-electron chi connectivity index (χ1n) is 7.35. The van der Waals surface area contributed by atoms with Gasteiger partial charge in [-0.2, -0.15) is 0 Å². The predicted molar refractivity (Wildman–Crippen MR) is 93.1 cm³/mol. The molecular weight excluding hydrogens is 351 g/mol. The minimum atomic E-state index is -0.653. The molecule has 0 aliphatic heterocycles. The first kappa shape index (κ1) is 18.3. The van der Waals surface area contributed by atoms with Gasteiger partial charge in [-0.25, -0.2) is 4.79 Å². The molecule has 0 amide bonds. The molecule has 2 aromatic rings. The molecule has 0 saturated carbocycles. The highest BCUT2D eigenvalue weighted by atomic mass is 35.5. The maximum atomic E-state index is 12.0. The van der Waals surface area contributed by atoms with Crippen molar-refractivity contribution >= 4 is 35.0 Å². The van der Waals surface area contributed by atoms with Gasteiger partial charge < -0.3 is 9.47 Å². The van der Waals surface area contributed by atoms with Crippen LogP contribution in [0, 0.1) is 0 Å². The molecule has 0 bridgehead atoms. The lowest BCUT2D eigenvalue weighted by Gasteiger charge is -2.08. The summed E-state index contributed by atoms with van der Waals surface area (Å²) in [5.74, 6) is -0.602. The number of carbonyl (C=O) groups is 2. The van der Waals surface area contributed by atoms with E-state index in [1.54, 1.807) is 24.3 Å². The number of aryl methyl sites for hydroxylation is 1. The summed E-state index contributed by atoms with van der Waals surface area (Å²) in [7, 11) is 0. The van der Waals surface area contributed by atoms with Crippen LogP contribution in [0.4, 0.5) is 0 Å². The summed E-state index contributed by atoms with van der Waals surface area (Å²) in [6.07, 6.45) is 0.897. The number of ether oxygens (including phenoxy) is 2. The van der Waals surface area contributed by atoms with Gasteiger partial charge in [0.15, 0.2) is 19.0 Å². The van der Waals surface area contributed by atoms with Gasteiger partial charge in [-0.3, -0.25) is 4.79 Å². The molecule has 126 valence electrons. The Morgan fingerprint density at radius 2 is 1.71 bits per heavy atom. The molecule has 0 spiro atoms. The standard InChI is InChI=1S/C18H16Cl2O4/c1-2-12-3-5-13(6-4-12)16(21)10-24-18(22)11-23-17-8-7-14(19)9-15(17)20/h3-9H,2,10-11H2,1H3. The molecule has 2 rings (SSSR count). The molecular formula is C18H16Cl2O4. The van der Waals surface area contributed by atoms with Crippen LogP contribution in [0.5, 0.6) is 5.75 Å². The van der Waals surface area contributed by atoms with Crippen LogP contribution < -0.4 is 4.74 Å². The second-order valence-corrected chi connectivity index (χ2v) is 5.84. The molecule has 0 saturated heterocycles. The molecule has 0 aromatic heterocycles. The van der Waals surface area contributed by atoms with E-state index in [1.807, 2.05) is 19.1 Å². The fourth-order valence-corrected chi connectivity index (χ4v) is 2.39. The van der Waals surface area contributed by atoms with Gasteiger partial charge in [0, 0.05) is 10.6 Å². The first-order chi connectivity index (χ1) is 11.5. The Bertz CT molecular complexity index is 726. The van der Waals surface area contributed by atoms with Gasteiger partial charge in [0.05, 0.1) is 5.02 Å². The summed E-state index contributed by atoms with van der Waals surface area (Å²) in [5.41, 5.74) is 1.64. The summed E-state index contributed by atoms with van der Waals surface area (Å²) >= 11 is 11.7. The zero-order chi connectivity index (χ0) is 17.5. The highest BCUT2D eigenvalue weighted by Gasteiger charge is 2.11. The van der Waals surface area contributed by atoms with E-state index in [0.717, 1.165) is 12.0 Å². The zero-order valence-electron chi connectivity index (χ0n) is 13.1. The summed E-state index contributed by atoms with van der Waals surface area (Å²) in [4.78, 5) is 23.6. The van der Waals surface area contributed by atoms with Gasteiger partial charge in [0.2, 0.25) is 0 Å². The van der Waals surface area contributed by atoms with Gasteiger partial charge in [-0.1, -0.05) is 54.4 Å². The molecule has 0 aliphatic carbocycles. The number of hydrogen-bond acceptors (Lipinski definition) is 4. The van der Waals surface area contributed by atoms with Crippen molar-refractivity contribution in [2.24, 2.45) is 0 Å². The van der Waals surface area contributed by atoms with Crippen molar-refractivity contribution in [3.63, 3.8) is 0 Å². The second kappa shape index (κ2) is 8.71. The molecule has 0 aliphatic rings. The number of halogens is 2. The van der Waals surface area contributed by atoms with Gasteiger partial charge in [0.1, 0.15) is 5.75 Å². The van der Waals surface area contributed by atoms with E-state index >= 15 is 0 Å². The normalized spacial score (nSPS) is 10.3. The lowest BCUT2D eigenvalue weighted by Crippen LogP contribution is -2.19. The maximum absolute atomic E-state index is 12.0. The molecule has 0 N–H and O–H groups in total. The van der Waals surface area contributed by atoms with Crippen molar-refractivity contribution in [1.29, 1.82) is 0 Å². The van der Waals surface area contributed by atoms with E-state index in [4.69, 9.17) is 32.7 Å². The smallest absolute Gasteiger partial charge is 0.344 e. The van der Waals surface area contributed by atoms with Crippen LogP contribution in [-0.2, 0) is 16.0 Å². The number of hydrogen-bond donors (Lipinski definition) is 0. The van der Waals surface area contributed by atoms with Crippen molar-refractivity contribution in [2.75, 3.05) is 13.2 Å². The molecule has 0 atom stereocenters. The first-order valence-corrected chi connectivity index (χ1v) is 8.10. The Morgan fingerprint density at radius 3 is 2.33 bits per heavy atom. The highest BCUT2D eigenvalue weighted by Crippen LogP contribution is 2.27. The third-order valence-corrected chi connectivity index (χ3v) is 3.82. The summed E-state index contributed by atoms with van der Waals surface area (Å²) < 4.78 is 10.2. The van der Waals surface area contributed by atoms with Gasteiger partial charge in [-0.15, -0.1) is 0 Å². The number of rotatable bonds is 7. The predicted octanol–water partition coefficient (Wildman–Crippen LogP) is 4.36. The third kappa shape index (κ3) is 5.25. The SMILES string of the molecule is CCc1ccc(C(=O)COC(=O)COc2ccc(Cl)cc2Cl)cc1. The topological polar surface area (TPSA) is 52.6 Å². The van der Waals surface area contributed by atoms with E-state index in [1.165, 1.54) is 6.07 Å². The monoisotopic (exact) mass is 366 g/mol. The third-order valence-electron chi connectivity index (χ3n) is 3.29. The van der Waals surface area contributed by atoms with E-state index in [-0.39, 0.29) is 19.0 Å². The number of carbonyl (C=O) groups excluding carboxylic acids is 2. The van der Waals surface area contributed by atoms with Gasteiger partial charge in [0.25, 0.3) is 0 Å². The lowest BCUT2D eigenvalue weighted by molar-refractivity contribution is -0.144. The summed E-state index contributed by atoms with van der Waals surface area (Å²) in [6.45, 7) is 1.36. The quantitative estimate of drug-likeness (QED) is 0.539. The summed E-state index contributed by atoms with van der Waals surface area (Å²) in [5, 5.41) is 0.761. The van der Waals surface area contributed by atoms with Crippen molar-refractivity contribution < 1.29 is 19.1 Å². The highest BCUT2D eigenvalue weighted by molar-refractivity contribution is 6.35. The Labute approximate surface area is 150 Å². The molecule has 0 fully saturated rings. The minimum absolute atomic E-state index is 0.268. The molecule has 6 heteroatoms. The van der Waals surface area contributed by atoms with Crippen LogP contribution in [0.3, 0.4) is 0 Å². The lowest BCUT2D eigenvalue weighted by atomic mass is 10.1. The van der Waals surface area contributed by atoms with Crippen LogP contribution in [0.25, 0.3) is 0 Å². The largest absolute Gasteiger partial charge is 0.480 e. The van der Waals surface area contributed by atoms with E-state index < -0.39 is 5.97 Å². The Morgan fingerprint density at radius 1 is 1.00 bits per heavy atom. The number of Topliss-reactive ketones (excluding diaryl/α,β-unsaturated/α-hetero) is 1. The zero-order valence-corrected chi connectivity index (χ0v) is 14.6. The summed E-state index contributed by atoms with van der Waals surface area (Å²) in [6, 6.07) is 11.8. The molecule has 0 unspecified atom stereocenters. The Hall–Kier alpha value is -2.04. The van der Waals surface area contributed by atoms with Gasteiger partial charge in [-0.05, 0) is 30.2 Å². The maximum Gasteiger partial charge on any atom is 0.344 e. The number of benzene rings is 2. The van der Waals surface area contributed by atoms with Gasteiger partial charge >= 0.3 is 5.97 Å². The van der Waals surface area contributed by atoms with Crippen LogP contribution in [-0.4, -0.2) is 25.0 Å². The average molecular weight is 367 g/mol. The van der Waals surface area contributed by atoms with Crippen molar-refractivity contribution in [2.45, 2.75) is 13.3 Å². The van der Waals surface area contributed by atoms with Crippen molar-refractivity contribution in [3.8, 4) is 5.75 Å². The average Bonchev–Trinajstić information content (AvgIpc) is 2.59. The van der Waals surface area contributed by atoms with Crippen molar-refractivity contribution in [3.05, 3.63) is 63.6 Å². The number of esters is 1. The molecule has 0 radical (unpaired) electrons. The van der Waals surface area contributed by atoms with Crippen LogP contribution in [0.15, 0.2) is 42.5 Å². The molecule has 2 aromatic carbocycles. The minimum Gasteiger partial charge on any atom is -0.480 e. The second-order valence-electron chi connectivity index (χ2n) is 5.00. The molecule has 4 nitrogen and oxygen atoms in total. The fourth-order valence-electron chi connectivity index (χ4n) is 1.93. The Balaban J connectivity index is 1.80. The van der Waals surface area contributed by atoms with E-state index in [0.29, 0.717) is 21.4 Å². The Kier molecular flexibility index (Phi) is 6.64. The van der Waals surface area contributed by atoms with Crippen molar-refractivity contribution in [1.82, 2.24) is 0 Å². The molecule has 24 heavy (non-hydrogen) atoms. The number of ketones is 1. The van der Waals surface area contributed by atoms with Crippen LogP contribution >= 0.6 is 23.2 Å². The molecule has 0 heterocycles.